The van der Waals surface area contributed by atoms with Crippen LogP contribution in [0.15, 0.2) is 48.5 Å². The molecule has 0 unspecified atom stereocenters. The van der Waals surface area contributed by atoms with Crippen molar-refractivity contribution in [2.45, 2.75) is 13.8 Å². The molecule has 90 valence electrons. The summed E-state index contributed by atoms with van der Waals surface area (Å²) in [6.07, 6.45) is -2.29. The average Bonchev–Trinajstić information content (AvgIpc) is 2.39. The summed E-state index contributed by atoms with van der Waals surface area (Å²) >= 11 is 0. The molecule has 0 heterocycles. The lowest BCUT2D eigenvalue weighted by Crippen LogP contribution is -1.82. The molecule has 0 fully saturated rings. The summed E-state index contributed by atoms with van der Waals surface area (Å²) < 4.78 is 37.4. The molecule has 2 rings (SSSR count). The lowest BCUT2D eigenvalue weighted by atomic mass is 10.0. The number of hydrogen-bond acceptors (Lipinski definition) is 0. The molecular formula is C14H13F3. The van der Waals surface area contributed by atoms with Crippen molar-refractivity contribution in [3.05, 3.63) is 54.1 Å². The molecule has 3 heteroatoms. The van der Waals surface area contributed by atoms with Crippen LogP contribution in [0, 0.1) is 0 Å². The molecule has 0 atom stereocenters. The monoisotopic (exact) mass is 238 g/mol. The van der Waals surface area contributed by atoms with Crippen LogP contribution in [0.2, 0.25) is 0 Å². The average molecular weight is 238 g/mol. The van der Waals surface area contributed by atoms with Gasteiger partial charge in [-0.25, -0.2) is 4.39 Å². The Hall–Kier alpha value is -1.77. The van der Waals surface area contributed by atoms with Gasteiger partial charge in [0.05, 0.1) is 0 Å². The summed E-state index contributed by atoms with van der Waals surface area (Å²) in [6.45, 7) is 4.00. The zero-order chi connectivity index (χ0) is 12.8. The molecule has 0 amide bonds. The van der Waals surface area contributed by atoms with E-state index in [1.807, 2.05) is 13.8 Å². The largest absolute Gasteiger partial charge is 0.306 e. The van der Waals surface area contributed by atoms with E-state index >= 15 is 0 Å². The van der Waals surface area contributed by atoms with E-state index in [0.717, 1.165) is 5.39 Å². The topological polar surface area (TPSA) is 0 Å². The van der Waals surface area contributed by atoms with Gasteiger partial charge in [-0.05, 0) is 10.8 Å². The van der Waals surface area contributed by atoms with Crippen LogP contribution in [0.1, 0.15) is 19.4 Å². The van der Waals surface area contributed by atoms with Gasteiger partial charge >= 0.3 is 6.08 Å². The lowest BCUT2D eigenvalue weighted by Gasteiger charge is -2.02. The van der Waals surface area contributed by atoms with Crippen molar-refractivity contribution in [1.29, 1.82) is 0 Å². The highest BCUT2D eigenvalue weighted by Crippen LogP contribution is 2.28. The van der Waals surface area contributed by atoms with E-state index in [4.69, 9.17) is 0 Å². The number of fused-ring (bicyclic) bond motifs is 1. The van der Waals surface area contributed by atoms with Crippen molar-refractivity contribution in [3.63, 3.8) is 0 Å². The molecule has 0 aromatic heterocycles. The number of rotatable bonds is 1. The Kier molecular flexibility index (Phi) is 4.76. The van der Waals surface area contributed by atoms with Crippen LogP contribution in [0.4, 0.5) is 13.2 Å². The van der Waals surface area contributed by atoms with Crippen LogP contribution in [-0.2, 0) is 0 Å². The fraction of sp³-hybridized carbons (Fsp3) is 0.143. The van der Waals surface area contributed by atoms with Crippen molar-refractivity contribution >= 4 is 16.6 Å². The molecule has 2 aromatic rings. The third-order valence-electron chi connectivity index (χ3n) is 2.19. The highest BCUT2D eigenvalue weighted by atomic mass is 19.3. The van der Waals surface area contributed by atoms with Gasteiger partial charge in [0.2, 0.25) is 0 Å². The van der Waals surface area contributed by atoms with Crippen molar-refractivity contribution in [2.24, 2.45) is 0 Å². The van der Waals surface area contributed by atoms with Gasteiger partial charge in [0.1, 0.15) is 0 Å². The molecule has 0 bridgehead atoms. The van der Waals surface area contributed by atoms with Gasteiger partial charge in [-0.3, -0.25) is 0 Å². The van der Waals surface area contributed by atoms with Gasteiger partial charge in [0.25, 0.3) is 0 Å². The van der Waals surface area contributed by atoms with E-state index in [0.29, 0.717) is 5.39 Å². The van der Waals surface area contributed by atoms with Crippen LogP contribution in [0.3, 0.4) is 0 Å². The van der Waals surface area contributed by atoms with Crippen molar-refractivity contribution in [3.8, 4) is 0 Å². The highest BCUT2D eigenvalue weighted by Gasteiger charge is 2.10. The van der Waals surface area contributed by atoms with Gasteiger partial charge in [-0.2, -0.15) is 8.78 Å². The van der Waals surface area contributed by atoms with Crippen LogP contribution >= 0.6 is 0 Å². The van der Waals surface area contributed by atoms with Gasteiger partial charge < -0.3 is 0 Å². The third kappa shape index (κ3) is 2.87. The molecular weight excluding hydrogens is 225 g/mol. The van der Waals surface area contributed by atoms with Crippen LogP contribution < -0.4 is 0 Å². The van der Waals surface area contributed by atoms with E-state index < -0.39 is 11.9 Å². The van der Waals surface area contributed by atoms with E-state index in [1.54, 1.807) is 36.4 Å². The molecule has 0 nitrogen and oxygen atoms in total. The minimum atomic E-state index is -2.29. The first kappa shape index (κ1) is 13.3. The zero-order valence-electron chi connectivity index (χ0n) is 9.68. The molecule has 17 heavy (non-hydrogen) atoms. The number of benzene rings is 2. The second-order valence-electron chi connectivity index (χ2n) is 3.10. The maximum atomic E-state index is 13.1. The molecule has 0 saturated carbocycles. The quantitative estimate of drug-likeness (QED) is 0.624. The van der Waals surface area contributed by atoms with E-state index in [2.05, 4.69) is 0 Å². The smallest absolute Gasteiger partial charge is 0.200 e. The van der Waals surface area contributed by atoms with Crippen LogP contribution in [-0.4, -0.2) is 0 Å². The minimum Gasteiger partial charge on any atom is -0.200 e. The van der Waals surface area contributed by atoms with Crippen LogP contribution in [0.25, 0.3) is 16.6 Å². The maximum absolute atomic E-state index is 13.1. The fourth-order valence-corrected chi connectivity index (χ4v) is 1.52. The molecule has 0 saturated heterocycles. The van der Waals surface area contributed by atoms with Gasteiger partial charge in [-0.1, -0.05) is 56.3 Å². The van der Waals surface area contributed by atoms with Crippen LogP contribution in [0.5, 0.6) is 0 Å². The summed E-state index contributed by atoms with van der Waals surface area (Å²) in [4.78, 5) is 0. The SMILES string of the molecule is CC.FC(F)=C(F)c1cccc2ccccc12. The predicted octanol–water partition coefficient (Wildman–Crippen LogP) is 5.40. The molecule has 2 aromatic carbocycles. The summed E-state index contributed by atoms with van der Waals surface area (Å²) in [6, 6.07) is 11.5. The van der Waals surface area contributed by atoms with E-state index in [9.17, 15) is 13.2 Å². The van der Waals surface area contributed by atoms with Gasteiger partial charge in [-0.15, -0.1) is 0 Å². The summed E-state index contributed by atoms with van der Waals surface area (Å²) in [5, 5.41) is 1.23. The molecule has 0 N–H and O–H groups in total. The molecule has 0 aliphatic heterocycles. The summed E-state index contributed by atoms with van der Waals surface area (Å²) in [5.41, 5.74) is -0.0619. The molecule has 0 spiro atoms. The Labute approximate surface area is 98.4 Å². The third-order valence-corrected chi connectivity index (χ3v) is 2.19. The maximum Gasteiger partial charge on any atom is 0.306 e. The van der Waals surface area contributed by atoms with Crippen molar-refractivity contribution < 1.29 is 13.2 Å². The predicted molar refractivity (Wildman–Crippen MR) is 65.5 cm³/mol. The normalized spacial score (nSPS) is 9.47. The summed E-state index contributed by atoms with van der Waals surface area (Å²) in [5.74, 6) is -1.45. The Bertz CT molecular complexity index is 520. The number of hydrogen-bond donors (Lipinski definition) is 0. The molecule has 0 aliphatic rings. The lowest BCUT2D eigenvalue weighted by molar-refractivity contribution is 0.410. The number of halogens is 3. The van der Waals surface area contributed by atoms with E-state index in [-0.39, 0.29) is 5.56 Å². The second kappa shape index (κ2) is 6.09. The van der Waals surface area contributed by atoms with Crippen molar-refractivity contribution in [1.82, 2.24) is 0 Å². The Morgan fingerprint density at radius 3 is 2.06 bits per heavy atom. The van der Waals surface area contributed by atoms with Gasteiger partial charge in [0.15, 0.2) is 5.83 Å². The highest BCUT2D eigenvalue weighted by molar-refractivity contribution is 5.92. The second-order valence-corrected chi connectivity index (χ2v) is 3.10. The first-order valence-corrected chi connectivity index (χ1v) is 5.39. The van der Waals surface area contributed by atoms with Gasteiger partial charge in [0, 0.05) is 5.56 Å². The summed E-state index contributed by atoms with van der Waals surface area (Å²) in [7, 11) is 0. The Balaban J connectivity index is 0.000000686. The first-order valence-electron chi connectivity index (χ1n) is 5.39. The molecule has 0 aliphatic carbocycles. The Morgan fingerprint density at radius 1 is 0.824 bits per heavy atom. The minimum absolute atomic E-state index is 0.0619. The Morgan fingerprint density at radius 2 is 1.41 bits per heavy atom. The molecule has 0 radical (unpaired) electrons. The first-order chi connectivity index (χ1) is 8.20. The van der Waals surface area contributed by atoms with Crippen molar-refractivity contribution in [2.75, 3.05) is 0 Å². The standard InChI is InChI=1S/C12H7F3.C2H6/c13-11(12(14)15)10-7-3-5-8-4-1-2-6-9(8)10;1-2/h1-7H;1-2H3. The van der Waals surface area contributed by atoms with E-state index in [1.165, 1.54) is 6.07 Å². The zero-order valence-corrected chi connectivity index (χ0v) is 9.68. The fourth-order valence-electron chi connectivity index (χ4n) is 1.52.